The van der Waals surface area contributed by atoms with Crippen molar-refractivity contribution in [1.82, 2.24) is 0 Å². The number of hydrogen-bond donors (Lipinski definition) is 0. The topological polar surface area (TPSA) is 46.7 Å². The van der Waals surface area contributed by atoms with Crippen LogP contribution in [-0.2, 0) is 10.3 Å². The van der Waals surface area contributed by atoms with Crippen molar-refractivity contribution in [2.24, 2.45) is 5.41 Å². The summed E-state index contributed by atoms with van der Waals surface area (Å²) in [6.45, 7) is 2.40. The van der Waals surface area contributed by atoms with Gasteiger partial charge in [-0.1, -0.05) is 54.9 Å². The first kappa shape index (κ1) is 15.6. The minimum Gasteiger partial charge on any atom is -0.364 e. The second-order valence-corrected chi connectivity index (χ2v) is 7.05. The second-order valence-electron chi connectivity index (χ2n) is 6.61. The van der Waals surface area contributed by atoms with Crippen LogP contribution in [0.3, 0.4) is 0 Å². The number of ether oxygens (including phenoxy) is 1. The summed E-state index contributed by atoms with van der Waals surface area (Å²) in [5, 5.41) is 0.625. The highest BCUT2D eigenvalue weighted by molar-refractivity contribution is 6.30. The highest BCUT2D eigenvalue weighted by Crippen LogP contribution is 2.53. The first-order valence-electron chi connectivity index (χ1n) is 8.11. The Morgan fingerprint density at radius 2 is 1.67 bits per heavy atom. The standard InChI is InChI=1S/C20H17ClO3/c1-2-19(17(22)15-8-3-4-9-16(15)18(19)23)11-20(12-24-20)13-6-5-7-14(21)10-13/h3-10H,2,11-12H2,1H3/t20-/m1/s1. The number of halogens is 1. The molecule has 1 heterocycles. The summed E-state index contributed by atoms with van der Waals surface area (Å²) in [6, 6.07) is 14.6. The molecule has 0 amide bonds. The Bertz CT molecular complexity index is 816. The highest BCUT2D eigenvalue weighted by atomic mass is 35.5. The minimum absolute atomic E-state index is 0.0810. The van der Waals surface area contributed by atoms with Crippen LogP contribution < -0.4 is 0 Å². The highest BCUT2D eigenvalue weighted by Gasteiger charge is 2.60. The zero-order valence-electron chi connectivity index (χ0n) is 13.3. The van der Waals surface area contributed by atoms with Gasteiger partial charge in [0.1, 0.15) is 5.60 Å². The number of benzene rings is 2. The van der Waals surface area contributed by atoms with Crippen molar-refractivity contribution in [3.8, 4) is 0 Å². The lowest BCUT2D eigenvalue weighted by Gasteiger charge is -2.28. The van der Waals surface area contributed by atoms with Gasteiger partial charge in [-0.2, -0.15) is 0 Å². The maximum atomic E-state index is 13.1. The van der Waals surface area contributed by atoms with Crippen LogP contribution >= 0.6 is 11.6 Å². The SMILES string of the molecule is CCC1(C[C@]2(c3cccc(Cl)c3)CO2)C(=O)c2ccccc2C1=O. The van der Waals surface area contributed by atoms with Crippen molar-refractivity contribution in [2.45, 2.75) is 25.4 Å². The van der Waals surface area contributed by atoms with Gasteiger partial charge >= 0.3 is 0 Å². The molecule has 0 bridgehead atoms. The molecule has 4 rings (SSSR count). The molecule has 0 aromatic heterocycles. The van der Waals surface area contributed by atoms with Gasteiger partial charge in [-0.15, -0.1) is 0 Å². The van der Waals surface area contributed by atoms with Crippen molar-refractivity contribution in [1.29, 1.82) is 0 Å². The average Bonchev–Trinajstić information content (AvgIpc) is 3.35. The van der Waals surface area contributed by atoms with E-state index in [2.05, 4.69) is 0 Å². The molecule has 1 atom stereocenters. The lowest BCUT2D eigenvalue weighted by molar-refractivity contribution is 0.0617. The number of hydrogen-bond acceptors (Lipinski definition) is 3. The van der Waals surface area contributed by atoms with Crippen molar-refractivity contribution >= 4 is 23.2 Å². The summed E-state index contributed by atoms with van der Waals surface area (Å²) in [5.74, 6) is -0.162. The van der Waals surface area contributed by atoms with Gasteiger partial charge in [0.25, 0.3) is 0 Å². The minimum atomic E-state index is -1.04. The molecule has 0 unspecified atom stereocenters. The Kier molecular flexibility index (Phi) is 3.41. The monoisotopic (exact) mass is 340 g/mol. The number of epoxide rings is 1. The second kappa shape index (κ2) is 5.27. The van der Waals surface area contributed by atoms with E-state index in [1.807, 2.05) is 25.1 Å². The molecule has 4 heteroatoms. The molecule has 122 valence electrons. The number of carbonyl (C=O) groups is 2. The van der Waals surface area contributed by atoms with E-state index in [0.29, 0.717) is 35.6 Å². The van der Waals surface area contributed by atoms with Gasteiger partial charge < -0.3 is 4.74 Å². The van der Waals surface area contributed by atoms with Crippen molar-refractivity contribution in [3.63, 3.8) is 0 Å². The zero-order chi connectivity index (χ0) is 16.9. The van der Waals surface area contributed by atoms with Crippen LogP contribution in [0.5, 0.6) is 0 Å². The molecule has 2 aromatic rings. The van der Waals surface area contributed by atoms with Crippen molar-refractivity contribution in [3.05, 3.63) is 70.2 Å². The molecule has 1 aliphatic carbocycles. The van der Waals surface area contributed by atoms with E-state index in [4.69, 9.17) is 16.3 Å². The molecule has 3 nitrogen and oxygen atoms in total. The molecule has 0 saturated carbocycles. The van der Waals surface area contributed by atoms with Crippen LogP contribution in [0.1, 0.15) is 46.0 Å². The molecule has 2 aliphatic rings. The zero-order valence-corrected chi connectivity index (χ0v) is 14.1. The first-order chi connectivity index (χ1) is 11.5. The molecule has 24 heavy (non-hydrogen) atoms. The Balaban J connectivity index is 1.76. The number of fused-ring (bicyclic) bond motifs is 1. The molecule has 0 N–H and O–H groups in total. The molecule has 2 aromatic carbocycles. The Morgan fingerprint density at radius 1 is 1.04 bits per heavy atom. The molecular formula is C20H17ClO3. The van der Waals surface area contributed by atoms with Crippen LogP contribution in [0.15, 0.2) is 48.5 Å². The number of carbonyl (C=O) groups excluding carboxylic acids is 2. The van der Waals surface area contributed by atoms with Gasteiger partial charge in [0, 0.05) is 22.6 Å². The maximum Gasteiger partial charge on any atom is 0.177 e. The maximum absolute atomic E-state index is 13.1. The number of rotatable bonds is 4. The van der Waals surface area contributed by atoms with Crippen LogP contribution in [-0.4, -0.2) is 18.2 Å². The summed E-state index contributed by atoms with van der Waals surface area (Å²) in [6.07, 6.45) is 0.828. The van der Waals surface area contributed by atoms with Crippen LogP contribution in [0.2, 0.25) is 5.02 Å². The molecule has 0 spiro atoms. The summed E-state index contributed by atoms with van der Waals surface area (Å²) in [4.78, 5) is 26.1. The van der Waals surface area contributed by atoms with E-state index >= 15 is 0 Å². The Hall–Kier alpha value is -1.97. The lowest BCUT2D eigenvalue weighted by atomic mass is 9.71. The van der Waals surface area contributed by atoms with Gasteiger partial charge in [0.15, 0.2) is 11.6 Å². The summed E-state index contributed by atoms with van der Waals surface area (Å²) < 4.78 is 5.76. The van der Waals surface area contributed by atoms with Gasteiger partial charge in [-0.3, -0.25) is 9.59 Å². The molecule has 1 saturated heterocycles. The lowest BCUT2D eigenvalue weighted by Crippen LogP contribution is -2.37. The van der Waals surface area contributed by atoms with E-state index in [0.717, 1.165) is 5.56 Å². The predicted molar refractivity (Wildman–Crippen MR) is 91.5 cm³/mol. The normalized spacial score (nSPS) is 24.1. The smallest absolute Gasteiger partial charge is 0.177 e. The largest absolute Gasteiger partial charge is 0.364 e. The fourth-order valence-electron chi connectivity index (χ4n) is 3.82. The van der Waals surface area contributed by atoms with E-state index < -0.39 is 11.0 Å². The predicted octanol–water partition coefficient (Wildman–Crippen LogP) is 4.43. The first-order valence-corrected chi connectivity index (χ1v) is 8.49. The van der Waals surface area contributed by atoms with Crippen molar-refractivity contribution in [2.75, 3.05) is 6.61 Å². The molecule has 1 aliphatic heterocycles. The Labute approximate surface area is 145 Å². The molecule has 1 fully saturated rings. The van der Waals surface area contributed by atoms with Crippen LogP contribution in [0.4, 0.5) is 0 Å². The van der Waals surface area contributed by atoms with Crippen LogP contribution in [0.25, 0.3) is 0 Å². The van der Waals surface area contributed by atoms with E-state index in [1.54, 1.807) is 30.3 Å². The van der Waals surface area contributed by atoms with Crippen molar-refractivity contribution < 1.29 is 14.3 Å². The third-order valence-corrected chi connectivity index (χ3v) is 5.56. The van der Waals surface area contributed by atoms with Gasteiger partial charge in [-0.05, 0) is 24.1 Å². The fraction of sp³-hybridized carbons (Fsp3) is 0.300. The molecular weight excluding hydrogens is 324 g/mol. The number of Topliss-reactive ketones (excluding diaryl/α,β-unsaturated/α-hetero) is 2. The summed E-state index contributed by atoms with van der Waals surface area (Å²) in [5.41, 5.74) is 0.369. The molecule has 0 radical (unpaired) electrons. The third kappa shape index (κ3) is 2.08. The fourth-order valence-corrected chi connectivity index (χ4v) is 4.01. The van der Waals surface area contributed by atoms with Gasteiger partial charge in [0.05, 0.1) is 12.0 Å². The van der Waals surface area contributed by atoms with Gasteiger partial charge in [0.2, 0.25) is 0 Å². The third-order valence-electron chi connectivity index (χ3n) is 5.32. The van der Waals surface area contributed by atoms with E-state index in [9.17, 15) is 9.59 Å². The summed E-state index contributed by atoms with van der Waals surface area (Å²) >= 11 is 6.10. The van der Waals surface area contributed by atoms with Crippen LogP contribution in [0, 0.1) is 5.41 Å². The van der Waals surface area contributed by atoms with E-state index in [-0.39, 0.29) is 11.6 Å². The summed E-state index contributed by atoms with van der Waals surface area (Å²) in [7, 11) is 0. The number of ketones is 2. The Morgan fingerprint density at radius 3 is 2.17 bits per heavy atom. The van der Waals surface area contributed by atoms with E-state index in [1.165, 1.54) is 0 Å². The van der Waals surface area contributed by atoms with Gasteiger partial charge in [-0.25, -0.2) is 0 Å². The average molecular weight is 341 g/mol. The quantitative estimate of drug-likeness (QED) is 0.611.